The molecule has 0 saturated carbocycles. The van der Waals surface area contributed by atoms with Gasteiger partial charge in [0.2, 0.25) is 5.91 Å². The monoisotopic (exact) mass is 318 g/mol. The molecule has 1 aromatic carbocycles. The molecule has 5 nitrogen and oxygen atoms in total. The van der Waals surface area contributed by atoms with E-state index in [1.165, 1.54) is 0 Å². The van der Waals surface area contributed by atoms with Gasteiger partial charge in [-0.15, -0.1) is 0 Å². The van der Waals surface area contributed by atoms with Crippen LogP contribution in [0.25, 0.3) is 0 Å². The molecule has 1 aromatic rings. The number of carbonyl (C=O) groups is 1. The topological polar surface area (TPSA) is 64.8 Å². The second kappa shape index (κ2) is 6.04. The molecule has 0 spiro atoms. The highest BCUT2D eigenvalue weighted by molar-refractivity contribution is 5.88. The molecule has 3 rings (SSSR count). The third kappa shape index (κ3) is 2.90. The van der Waals surface area contributed by atoms with Crippen LogP contribution in [0.1, 0.15) is 32.8 Å². The van der Waals surface area contributed by atoms with Crippen molar-refractivity contribution in [2.24, 2.45) is 11.7 Å². The van der Waals surface area contributed by atoms with Gasteiger partial charge in [-0.05, 0) is 57.4 Å². The van der Waals surface area contributed by atoms with Crippen LogP contribution in [0.3, 0.4) is 0 Å². The summed E-state index contributed by atoms with van der Waals surface area (Å²) in [5, 5.41) is 0. The van der Waals surface area contributed by atoms with Gasteiger partial charge in [-0.25, -0.2) is 0 Å². The quantitative estimate of drug-likeness (QED) is 0.925. The fourth-order valence-electron chi connectivity index (χ4n) is 3.51. The largest absolute Gasteiger partial charge is 0.486 e. The first-order valence-corrected chi connectivity index (χ1v) is 8.34. The fourth-order valence-corrected chi connectivity index (χ4v) is 3.51. The normalized spacial score (nSPS) is 23.9. The molecule has 2 atom stereocenters. The maximum atomic E-state index is 13.1. The molecule has 0 aliphatic carbocycles. The molecule has 1 amide bonds. The number of hydrogen-bond donors (Lipinski definition) is 1. The first-order chi connectivity index (χ1) is 10.9. The van der Waals surface area contributed by atoms with Crippen LogP contribution < -0.4 is 15.2 Å². The summed E-state index contributed by atoms with van der Waals surface area (Å²) in [6.07, 6.45) is 0.986. The third-order valence-corrected chi connectivity index (χ3v) is 5.05. The first kappa shape index (κ1) is 16.1. The Morgan fingerprint density at radius 1 is 1.30 bits per heavy atom. The van der Waals surface area contributed by atoms with Crippen molar-refractivity contribution in [3.05, 3.63) is 23.8 Å². The van der Waals surface area contributed by atoms with Crippen LogP contribution >= 0.6 is 0 Å². The van der Waals surface area contributed by atoms with Crippen LogP contribution in [0.2, 0.25) is 0 Å². The number of amides is 1. The smallest absolute Gasteiger partial charge is 0.232 e. The predicted molar refractivity (Wildman–Crippen MR) is 88.8 cm³/mol. The van der Waals surface area contributed by atoms with Gasteiger partial charge in [0.25, 0.3) is 0 Å². The lowest BCUT2D eigenvalue weighted by Crippen LogP contribution is -2.45. The lowest BCUT2D eigenvalue weighted by Gasteiger charge is -2.33. The Morgan fingerprint density at radius 3 is 2.65 bits per heavy atom. The number of likely N-dealkylation sites (tertiary alicyclic amines) is 1. The molecular weight excluding hydrogens is 292 g/mol. The summed E-state index contributed by atoms with van der Waals surface area (Å²) >= 11 is 0. The van der Waals surface area contributed by atoms with Crippen LogP contribution in [-0.2, 0) is 10.2 Å². The summed E-state index contributed by atoms with van der Waals surface area (Å²) in [6.45, 7) is 8.57. The van der Waals surface area contributed by atoms with E-state index in [-0.39, 0.29) is 11.9 Å². The van der Waals surface area contributed by atoms with Gasteiger partial charge in [-0.1, -0.05) is 6.07 Å². The SMILES string of the molecule is CC1CC(CN)CN1C(=O)C(C)(C)c1ccc2c(c1)OCCO2. The minimum atomic E-state index is -0.604. The molecular formula is C18H26N2O3. The van der Waals surface area contributed by atoms with Gasteiger partial charge in [0.05, 0.1) is 5.41 Å². The van der Waals surface area contributed by atoms with E-state index in [1.54, 1.807) is 0 Å². The number of hydrogen-bond acceptors (Lipinski definition) is 4. The maximum absolute atomic E-state index is 13.1. The minimum absolute atomic E-state index is 0.151. The van der Waals surface area contributed by atoms with Crippen LogP contribution in [0, 0.1) is 5.92 Å². The molecule has 1 saturated heterocycles. The lowest BCUT2D eigenvalue weighted by molar-refractivity contribution is -0.136. The molecule has 2 heterocycles. The lowest BCUT2D eigenvalue weighted by atomic mass is 9.82. The molecule has 1 fully saturated rings. The summed E-state index contributed by atoms with van der Waals surface area (Å²) in [6, 6.07) is 6.04. The summed E-state index contributed by atoms with van der Waals surface area (Å²) in [4.78, 5) is 15.1. The number of nitrogens with zero attached hydrogens (tertiary/aromatic N) is 1. The van der Waals surface area contributed by atoms with Gasteiger partial charge in [-0.3, -0.25) is 4.79 Å². The molecule has 0 aromatic heterocycles. The van der Waals surface area contributed by atoms with E-state index < -0.39 is 5.41 Å². The molecule has 2 N–H and O–H groups in total. The highest BCUT2D eigenvalue weighted by Gasteiger charge is 2.40. The van der Waals surface area contributed by atoms with Gasteiger partial charge in [-0.2, -0.15) is 0 Å². The number of ether oxygens (including phenoxy) is 2. The minimum Gasteiger partial charge on any atom is -0.486 e. The van der Waals surface area contributed by atoms with Crippen molar-refractivity contribution < 1.29 is 14.3 Å². The van der Waals surface area contributed by atoms with Crippen molar-refractivity contribution in [2.75, 3.05) is 26.3 Å². The van der Waals surface area contributed by atoms with Crippen molar-refractivity contribution >= 4 is 5.91 Å². The van der Waals surface area contributed by atoms with Crippen molar-refractivity contribution in [3.8, 4) is 11.5 Å². The van der Waals surface area contributed by atoms with Crippen LogP contribution in [0.4, 0.5) is 0 Å². The zero-order valence-electron chi connectivity index (χ0n) is 14.2. The molecule has 2 aliphatic rings. The van der Waals surface area contributed by atoms with E-state index in [2.05, 4.69) is 6.92 Å². The second-order valence-electron chi connectivity index (χ2n) is 7.13. The Bertz CT molecular complexity index is 600. The fraction of sp³-hybridized carbons (Fsp3) is 0.611. The number of rotatable bonds is 3. The van der Waals surface area contributed by atoms with Gasteiger partial charge >= 0.3 is 0 Å². The van der Waals surface area contributed by atoms with Gasteiger partial charge in [0.15, 0.2) is 11.5 Å². The molecule has 2 aliphatic heterocycles. The van der Waals surface area contributed by atoms with Crippen molar-refractivity contribution in [1.82, 2.24) is 4.90 Å². The average molecular weight is 318 g/mol. The van der Waals surface area contributed by atoms with E-state index >= 15 is 0 Å². The number of carbonyl (C=O) groups excluding carboxylic acids is 1. The van der Waals surface area contributed by atoms with Crippen LogP contribution in [-0.4, -0.2) is 43.2 Å². The average Bonchev–Trinajstić information content (AvgIpc) is 2.94. The van der Waals surface area contributed by atoms with E-state index in [1.807, 2.05) is 36.9 Å². The van der Waals surface area contributed by atoms with E-state index in [0.29, 0.717) is 25.7 Å². The van der Waals surface area contributed by atoms with Crippen molar-refractivity contribution in [2.45, 2.75) is 38.6 Å². The van der Waals surface area contributed by atoms with Crippen molar-refractivity contribution in [3.63, 3.8) is 0 Å². The summed E-state index contributed by atoms with van der Waals surface area (Å²) < 4.78 is 11.2. The van der Waals surface area contributed by atoms with E-state index in [0.717, 1.165) is 30.0 Å². The Morgan fingerprint density at radius 2 is 2.00 bits per heavy atom. The standard InChI is InChI=1S/C18H26N2O3/c1-12-8-13(10-19)11-20(12)17(21)18(2,3)14-4-5-15-16(9-14)23-7-6-22-15/h4-5,9,12-13H,6-8,10-11,19H2,1-3H3. The van der Waals surface area contributed by atoms with Gasteiger partial charge in [0.1, 0.15) is 13.2 Å². The van der Waals surface area contributed by atoms with Gasteiger partial charge in [0, 0.05) is 12.6 Å². The zero-order chi connectivity index (χ0) is 16.6. The maximum Gasteiger partial charge on any atom is 0.232 e. The number of nitrogens with two attached hydrogens (primary N) is 1. The second-order valence-corrected chi connectivity index (χ2v) is 7.13. The summed E-state index contributed by atoms with van der Waals surface area (Å²) in [5.74, 6) is 2.03. The first-order valence-electron chi connectivity index (χ1n) is 8.34. The molecule has 0 bridgehead atoms. The van der Waals surface area contributed by atoms with Crippen molar-refractivity contribution in [1.29, 1.82) is 0 Å². The van der Waals surface area contributed by atoms with E-state index in [4.69, 9.17) is 15.2 Å². The highest BCUT2D eigenvalue weighted by atomic mass is 16.6. The molecule has 2 unspecified atom stereocenters. The molecule has 126 valence electrons. The van der Waals surface area contributed by atoms with E-state index in [9.17, 15) is 4.79 Å². The Hall–Kier alpha value is -1.75. The molecule has 23 heavy (non-hydrogen) atoms. The molecule has 5 heteroatoms. The zero-order valence-corrected chi connectivity index (χ0v) is 14.2. The van der Waals surface area contributed by atoms with Crippen LogP contribution in [0.15, 0.2) is 18.2 Å². The summed E-state index contributed by atoms with van der Waals surface area (Å²) in [7, 11) is 0. The summed E-state index contributed by atoms with van der Waals surface area (Å²) in [5.41, 5.74) is 6.14. The number of fused-ring (bicyclic) bond motifs is 1. The van der Waals surface area contributed by atoms with Gasteiger partial charge < -0.3 is 20.1 Å². The predicted octanol–water partition coefficient (Wildman–Crippen LogP) is 1.93. The Kier molecular flexibility index (Phi) is 4.23. The Balaban J connectivity index is 1.84. The highest BCUT2D eigenvalue weighted by Crippen LogP contribution is 2.37. The third-order valence-electron chi connectivity index (χ3n) is 5.05. The number of benzene rings is 1. The molecule has 0 radical (unpaired) electrons. The van der Waals surface area contributed by atoms with Crippen LogP contribution in [0.5, 0.6) is 11.5 Å². The Labute approximate surface area is 137 Å².